The molecular weight excluding hydrogens is 178 g/mol. The van der Waals surface area contributed by atoms with Crippen LogP contribution in [-0.2, 0) is 6.54 Å². The van der Waals surface area contributed by atoms with Crippen LogP contribution in [0.5, 0.6) is 0 Å². The first-order valence-corrected chi connectivity index (χ1v) is 5.14. The van der Waals surface area contributed by atoms with E-state index in [-0.39, 0.29) is 5.78 Å². The van der Waals surface area contributed by atoms with Gasteiger partial charge in [-0.25, -0.2) is 0 Å². The lowest BCUT2D eigenvalue weighted by atomic mass is 10.1. The number of carbonyl (C=O) groups excluding carboxylic acids is 1. The summed E-state index contributed by atoms with van der Waals surface area (Å²) >= 11 is 0. The van der Waals surface area contributed by atoms with E-state index >= 15 is 0 Å². The summed E-state index contributed by atoms with van der Waals surface area (Å²) in [5.74, 6) is 0.115. The van der Waals surface area contributed by atoms with Crippen molar-refractivity contribution in [1.82, 2.24) is 15.0 Å². The monoisotopic (exact) mass is 195 g/mol. The quantitative estimate of drug-likeness (QED) is 0.675. The van der Waals surface area contributed by atoms with Gasteiger partial charge < -0.3 is 0 Å². The van der Waals surface area contributed by atoms with Crippen molar-refractivity contribution in [3.63, 3.8) is 0 Å². The molecule has 14 heavy (non-hydrogen) atoms. The third kappa shape index (κ3) is 2.40. The van der Waals surface area contributed by atoms with Crippen LogP contribution < -0.4 is 0 Å². The Morgan fingerprint density at radius 3 is 2.57 bits per heavy atom. The summed E-state index contributed by atoms with van der Waals surface area (Å²) in [6, 6.07) is 0. The minimum Gasteiger partial charge on any atom is -0.292 e. The predicted molar refractivity (Wildman–Crippen MR) is 54.3 cm³/mol. The number of hydrogen-bond donors (Lipinski definition) is 0. The molecule has 0 spiro atoms. The lowest BCUT2D eigenvalue weighted by molar-refractivity contribution is 0.0973. The highest BCUT2D eigenvalue weighted by molar-refractivity contribution is 5.94. The highest BCUT2D eigenvalue weighted by Gasteiger charge is 2.13. The number of unbranched alkanes of at least 4 members (excludes halogenated alkanes) is 1. The van der Waals surface area contributed by atoms with E-state index in [1.165, 1.54) is 0 Å². The van der Waals surface area contributed by atoms with Gasteiger partial charge in [-0.05, 0) is 20.3 Å². The third-order valence-electron chi connectivity index (χ3n) is 2.13. The van der Waals surface area contributed by atoms with Crippen LogP contribution in [0.3, 0.4) is 0 Å². The number of Topliss-reactive ketones (excluding diaryl/α,β-unsaturated/α-hetero) is 1. The van der Waals surface area contributed by atoms with Gasteiger partial charge in [0, 0.05) is 6.42 Å². The Hall–Kier alpha value is -1.19. The van der Waals surface area contributed by atoms with Crippen LogP contribution in [0.1, 0.15) is 49.3 Å². The maximum atomic E-state index is 11.6. The minimum atomic E-state index is 0.115. The molecule has 1 aromatic heterocycles. The molecule has 1 aromatic rings. The van der Waals surface area contributed by atoms with E-state index in [9.17, 15) is 4.79 Å². The number of aromatic nitrogens is 3. The van der Waals surface area contributed by atoms with Gasteiger partial charge in [-0.15, -0.1) is 5.10 Å². The molecule has 4 heteroatoms. The Kier molecular flexibility index (Phi) is 3.80. The Bertz CT molecular complexity index is 317. The normalized spacial score (nSPS) is 10.5. The predicted octanol–water partition coefficient (Wildman–Crippen LogP) is 1.98. The zero-order valence-electron chi connectivity index (χ0n) is 9.08. The molecule has 1 rings (SSSR count). The van der Waals surface area contributed by atoms with E-state index in [1.807, 2.05) is 13.8 Å². The largest absolute Gasteiger partial charge is 0.292 e. The molecule has 0 saturated heterocycles. The summed E-state index contributed by atoms with van der Waals surface area (Å²) in [6.45, 7) is 6.57. The molecule has 0 aromatic carbocycles. The van der Waals surface area contributed by atoms with E-state index in [1.54, 1.807) is 4.80 Å². The van der Waals surface area contributed by atoms with Crippen LogP contribution in [0.2, 0.25) is 0 Å². The van der Waals surface area contributed by atoms with Gasteiger partial charge in [0.1, 0.15) is 0 Å². The van der Waals surface area contributed by atoms with Crippen LogP contribution in [0.25, 0.3) is 0 Å². The van der Waals surface area contributed by atoms with Crippen molar-refractivity contribution < 1.29 is 4.79 Å². The van der Waals surface area contributed by atoms with E-state index in [0.717, 1.165) is 18.5 Å². The van der Waals surface area contributed by atoms with Crippen molar-refractivity contribution in [3.05, 3.63) is 11.4 Å². The van der Waals surface area contributed by atoms with Gasteiger partial charge in [0.25, 0.3) is 0 Å². The molecule has 0 fully saturated rings. The molecule has 0 aliphatic heterocycles. The van der Waals surface area contributed by atoms with Gasteiger partial charge in [-0.3, -0.25) is 4.79 Å². The summed E-state index contributed by atoms with van der Waals surface area (Å²) in [6.07, 6.45) is 2.55. The highest BCUT2D eigenvalue weighted by atomic mass is 16.1. The first-order valence-electron chi connectivity index (χ1n) is 5.14. The number of carbonyl (C=O) groups is 1. The second-order valence-corrected chi connectivity index (χ2v) is 3.35. The molecule has 0 unspecified atom stereocenters. The van der Waals surface area contributed by atoms with Gasteiger partial charge in [0.2, 0.25) is 0 Å². The van der Waals surface area contributed by atoms with Crippen LogP contribution in [0, 0.1) is 6.92 Å². The second-order valence-electron chi connectivity index (χ2n) is 3.35. The van der Waals surface area contributed by atoms with Crippen molar-refractivity contribution in [2.24, 2.45) is 0 Å². The van der Waals surface area contributed by atoms with E-state index in [2.05, 4.69) is 17.1 Å². The Balaban J connectivity index is 2.73. The first kappa shape index (κ1) is 10.9. The van der Waals surface area contributed by atoms with Gasteiger partial charge in [0.05, 0.1) is 12.2 Å². The molecule has 4 nitrogen and oxygen atoms in total. The highest BCUT2D eigenvalue weighted by Crippen LogP contribution is 2.07. The molecule has 0 saturated carbocycles. The minimum absolute atomic E-state index is 0.115. The number of nitrogens with zero attached hydrogens (tertiary/aromatic N) is 3. The molecule has 0 bridgehead atoms. The van der Waals surface area contributed by atoms with Crippen molar-refractivity contribution in [2.75, 3.05) is 0 Å². The average Bonchev–Trinajstić information content (AvgIpc) is 2.56. The van der Waals surface area contributed by atoms with Gasteiger partial charge in [0.15, 0.2) is 11.5 Å². The summed E-state index contributed by atoms with van der Waals surface area (Å²) in [4.78, 5) is 13.2. The van der Waals surface area contributed by atoms with E-state index < -0.39 is 0 Å². The lowest BCUT2D eigenvalue weighted by Gasteiger charge is -1.94. The first-order chi connectivity index (χ1) is 6.69. The number of ketones is 1. The molecule has 0 radical (unpaired) electrons. The van der Waals surface area contributed by atoms with Crippen molar-refractivity contribution in [1.29, 1.82) is 0 Å². The van der Waals surface area contributed by atoms with Crippen molar-refractivity contribution in [2.45, 2.75) is 46.6 Å². The Morgan fingerprint density at radius 1 is 1.36 bits per heavy atom. The average molecular weight is 195 g/mol. The molecule has 0 atom stereocenters. The molecular formula is C10H17N3O. The van der Waals surface area contributed by atoms with E-state index in [0.29, 0.717) is 18.7 Å². The zero-order chi connectivity index (χ0) is 10.6. The third-order valence-corrected chi connectivity index (χ3v) is 2.13. The van der Waals surface area contributed by atoms with Gasteiger partial charge >= 0.3 is 0 Å². The van der Waals surface area contributed by atoms with Crippen LogP contribution in [0.15, 0.2) is 0 Å². The fraction of sp³-hybridized carbons (Fsp3) is 0.700. The molecule has 0 N–H and O–H groups in total. The van der Waals surface area contributed by atoms with E-state index in [4.69, 9.17) is 0 Å². The molecule has 1 heterocycles. The fourth-order valence-corrected chi connectivity index (χ4v) is 1.29. The zero-order valence-corrected chi connectivity index (χ0v) is 9.08. The summed E-state index contributed by atoms with van der Waals surface area (Å²) in [7, 11) is 0. The Labute approximate surface area is 84.3 Å². The Morgan fingerprint density at radius 2 is 2.07 bits per heavy atom. The number of hydrogen-bond acceptors (Lipinski definition) is 3. The number of aryl methyl sites for hydroxylation is 2. The topological polar surface area (TPSA) is 47.8 Å². The van der Waals surface area contributed by atoms with Crippen LogP contribution in [0.4, 0.5) is 0 Å². The molecule has 78 valence electrons. The number of rotatable bonds is 5. The molecule has 0 amide bonds. The van der Waals surface area contributed by atoms with Crippen LogP contribution >= 0.6 is 0 Å². The van der Waals surface area contributed by atoms with Crippen LogP contribution in [-0.4, -0.2) is 20.8 Å². The van der Waals surface area contributed by atoms with Crippen molar-refractivity contribution in [3.8, 4) is 0 Å². The van der Waals surface area contributed by atoms with Gasteiger partial charge in [-0.2, -0.15) is 9.90 Å². The molecule has 0 aliphatic rings. The smallest absolute Gasteiger partial charge is 0.185 e. The lowest BCUT2D eigenvalue weighted by Crippen LogP contribution is -2.03. The standard InChI is InChI=1S/C10H17N3O/c1-4-6-7-9(14)10-8(3)11-13(5-2)12-10/h4-7H2,1-3H3. The fourth-order valence-electron chi connectivity index (χ4n) is 1.29. The summed E-state index contributed by atoms with van der Waals surface area (Å²) in [5.41, 5.74) is 1.29. The maximum Gasteiger partial charge on any atom is 0.185 e. The summed E-state index contributed by atoms with van der Waals surface area (Å²) < 4.78 is 0. The molecule has 0 aliphatic carbocycles. The van der Waals surface area contributed by atoms with Gasteiger partial charge in [-0.1, -0.05) is 13.3 Å². The maximum absolute atomic E-state index is 11.6. The SMILES string of the molecule is CCCCC(=O)c1nn(CC)nc1C. The summed E-state index contributed by atoms with van der Waals surface area (Å²) in [5, 5.41) is 8.28. The second kappa shape index (κ2) is 4.88. The van der Waals surface area contributed by atoms with Crippen molar-refractivity contribution >= 4 is 5.78 Å².